The van der Waals surface area contributed by atoms with E-state index in [1.54, 1.807) is 18.2 Å². The molecule has 19 heavy (non-hydrogen) atoms. The van der Waals surface area contributed by atoms with Crippen LogP contribution in [0.25, 0.3) is 0 Å². The highest BCUT2D eigenvalue weighted by molar-refractivity contribution is 7.16. The van der Waals surface area contributed by atoms with E-state index in [0.29, 0.717) is 15.6 Å². The summed E-state index contributed by atoms with van der Waals surface area (Å²) in [5.41, 5.74) is 6.53. The summed E-state index contributed by atoms with van der Waals surface area (Å²) in [6, 6.07) is 12.7. The summed E-state index contributed by atoms with van der Waals surface area (Å²) < 4.78 is 6.60. The van der Waals surface area contributed by atoms with Gasteiger partial charge in [0.05, 0.1) is 16.0 Å². The third-order valence-electron chi connectivity index (χ3n) is 2.58. The predicted molar refractivity (Wildman–Crippen MR) is 77.5 cm³/mol. The summed E-state index contributed by atoms with van der Waals surface area (Å²) >= 11 is 7.39. The minimum absolute atomic E-state index is 0.180. The van der Waals surface area contributed by atoms with Crippen LogP contribution in [0.5, 0.6) is 5.75 Å². The Morgan fingerprint density at radius 2 is 2.16 bits per heavy atom. The fraction of sp³-hybridized carbons (Fsp3) is 0.214. The third-order valence-corrected chi connectivity index (χ3v) is 3.87. The Bertz CT molecular complexity index is 603. The minimum Gasteiger partial charge on any atom is -0.483 e. The van der Waals surface area contributed by atoms with Crippen molar-refractivity contribution in [2.75, 3.05) is 0 Å². The van der Waals surface area contributed by atoms with Gasteiger partial charge in [0.15, 0.2) is 0 Å². The maximum absolute atomic E-state index is 8.88. The van der Waals surface area contributed by atoms with Gasteiger partial charge in [0.1, 0.15) is 11.9 Å². The first kappa shape index (κ1) is 13.9. The van der Waals surface area contributed by atoms with Crippen molar-refractivity contribution in [3.8, 4) is 11.8 Å². The molecule has 0 aliphatic rings. The van der Waals surface area contributed by atoms with Gasteiger partial charge >= 0.3 is 0 Å². The van der Waals surface area contributed by atoms with Crippen LogP contribution in [0.15, 0.2) is 36.4 Å². The lowest BCUT2D eigenvalue weighted by molar-refractivity contribution is 0.184. The van der Waals surface area contributed by atoms with E-state index < -0.39 is 0 Å². The molecule has 98 valence electrons. The molecule has 0 bridgehead atoms. The topological polar surface area (TPSA) is 59.0 Å². The fourth-order valence-corrected chi connectivity index (χ4v) is 2.90. The van der Waals surface area contributed by atoms with Crippen molar-refractivity contribution >= 4 is 22.9 Å². The highest BCUT2D eigenvalue weighted by Crippen LogP contribution is 2.32. The molecule has 0 saturated carbocycles. The molecule has 0 amide bonds. The second-order valence-corrected chi connectivity index (χ2v) is 5.93. The summed E-state index contributed by atoms with van der Waals surface area (Å²) in [5.74, 6) is 0.630. The largest absolute Gasteiger partial charge is 0.483 e. The molecule has 2 unspecified atom stereocenters. The summed E-state index contributed by atoms with van der Waals surface area (Å²) in [6.07, 6.45) is -0.272. The average Bonchev–Trinajstić information content (AvgIpc) is 2.82. The molecule has 2 atom stereocenters. The van der Waals surface area contributed by atoms with Gasteiger partial charge in [0.25, 0.3) is 0 Å². The molecule has 0 aliphatic heterocycles. The minimum atomic E-state index is -0.272. The molecule has 2 aromatic rings. The molecule has 0 aliphatic carbocycles. The number of thiophene rings is 1. The van der Waals surface area contributed by atoms with Crippen molar-refractivity contribution in [3.63, 3.8) is 0 Å². The Morgan fingerprint density at radius 3 is 2.74 bits per heavy atom. The highest BCUT2D eigenvalue weighted by atomic mass is 35.5. The van der Waals surface area contributed by atoms with Crippen molar-refractivity contribution < 1.29 is 4.74 Å². The van der Waals surface area contributed by atoms with Crippen LogP contribution in [0.2, 0.25) is 4.34 Å². The molecule has 2 N–H and O–H groups in total. The quantitative estimate of drug-likeness (QED) is 0.934. The fourth-order valence-electron chi connectivity index (χ4n) is 1.69. The van der Waals surface area contributed by atoms with Gasteiger partial charge < -0.3 is 10.5 Å². The predicted octanol–water partition coefficient (Wildman–Crippen LogP) is 3.74. The number of nitrogens with zero attached hydrogens (tertiary/aromatic N) is 1. The van der Waals surface area contributed by atoms with Gasteiger partial charge in [0.2, 0.25) is 0 Å². The van der Waals surface area contributed by atoms with Crippen molar-refractivity contribution in [1.82, 2.24) is 0 Å². The molecule has 0 spiro atoms. The molecule has 1 aromatic heterocycles. The van der Waals surface area contributed by atoms with Crippen LogP contribution in [0.1, 0.15) is 23.5 Å². The number of nitriles is 1. The van der Waals surface area contributed by atoms with E-state index in [1.165, 1.54) is 11.3 Å². The first-order valence-electron chi connectivity index (χ1n) is 5.78. The number of nitrogens with two attached hydrogens (primary N) is 1. The van der Waals surface area contributed by atoms with Crippen LogP contribution in [0.3, 0.4) is 0 Å². The van der Waals surface area contributed by atoms with Crippen molar-refractivity contribution in [2.24, 2.45) is 5.73 Å². The van der Waals surface area contributed by atoms with Crippen molar-refractivity contribution in [1.29, 1.82) is 5.26 Å². The second-order valence-electron chi connectivity index (χ2n) is 4.18. The number of hydrogen-bond acceptors (Lipinski definition) is 4. The smallest absolute Gasteiger partial charge is 0.148 e. The van der Waals surface area contributed by atoms with Gasteiger partial charge in [0, 0.05) is 10.9 Å². The van der Waals surface area contributed by atoms with Crippen LogP contribution < -0.4 is 10.5 Å². The number of benzene rings is 1. The van der Waals surface area contributed by atoms with Crippen molar-refractivity contribution in [3.05, 3.63) is 51.2 Å². The first-order chi connectivity index (χ1) is 9.10. The normalized spacial score (nSPS) is 13.6. The van der Waals surface area contributed by atoms with Gasteiger partial charge in [-0.3, -0.25) is 0 Å². The van der Waals surface area contributed by atoms with E-state index >= 15 is 0 Å². The van der Waals surface area contributed by atoms with E-state index in [1.807, 2.05) is 25.1 Å². The molecule has 3 nitrogen and oxygen atoms in total. The zero-order valence-corrected chi connectivity index (χ0v) is 11.9. The lowest BCUT2D eigenvalue weighted by Crippen LogP contribution is -2.28. The zero-order valence-electron chi connectivity index (χ0n) is 10.3. The van der Waals surface area contributed by atoms with Gasteiger partial charge in [-0.05, 0) is 37.3 Å². The number of hydrogen-bond donors (Lipinski definition) is 1. The Labute approximate surface area is 121 Å². The van der Waals surface area contributed by atoms with Gasteiger partial charge in [-0.1, -0.05) is 17.7 Å². The first-order valence-corrected chi connectivity index (χ1v) is 6.97. The SMILES string of the molecule is CC(N)C(Oc1cccc(C#N)c1)c1ccc(Cl)s1. The maximum atomic E-state index is 8.88. The van der Waals surface area contributed by atoms with Gasteiger partial charge in [-0.15, -0.1) is 11.3 Å². The molecule has 2 rings (SSSR count). The molecule has 1 heterocycles. The Morgan fingerprint density at radius 1 is 1.37 bits per heavy atom. The van der Waals surface area contributed by atoms with E-state index in [2.05, 4.69) is 6.07 Å². The monoisotopic (exact) mass is 292 g/mol. The third kappa shape index (κ3) is 3.48. The molecule has 0 fully saturated rings. The van der Waals surface area contributed by atoms with E-state index in [-0.39, 0.29) is 12.1 Å². The van der Waals surface area contributed by atoms with Crippen molar-refractivity contribution in [2.45, 2.75) is 19.1 Å². The Hall–Kier alpha value is -1.54. The molecular weight excluding hydrogens is 280 g/mol. The highest BCUT2D eigenvalue weighted by Gasteiger charge is 2.20. The second kappa shape index (κ2) is 6.07. The van der Waals surface area contributed by atoms with Gasteiger partial charge in [-0.2, -0.15) is 5.26 Å². The van der Waals surface area contributed by atoms with E-state index in [0.717, 1.165) is 4.88 Å². The molecule has 5 heteroatoms. The Balaban J connectivity index is 2.24. The number of ether oxygens (including phenoxy) is 1. The summed E-state index contributed by atoms with van der Waals surface area (Å²) in [6.45, 7) is 1.88. The molecule has 0 radical (unpaired) electrons. The Kier molecular flexibility index (Phi) is 4.43. The van der Waals surface area contributed by atoms with Crippen LogP contribution in [0, 0.1) is 11.3 Å². The average molecular weight is 293 g/mol. The maximum Gasteiger partial charge on any atom is 0.148 e. The summed E-state index contributed by atoms with van der Waals surface area (Å²) in [5, 5.41) is 8.88. The lowest BCUT2D eigenvalue weighted by Gasteiger charge is -2.21. The molecule has 0 saturated heterocycles. The van der Waals surface area contributed by atoms with Crippen LogP contribution in [-0.2, 0) is 0 Å². The summed E-state index contributed by atoms with van der Waals surface area (Å²) in [4.78, 5) is 0.974. The standard InChI is InChI=1S/C14H13ClN2OS/c1-9(17)14(12-5-6-13(15)19-12)18-11-4-2-3-10(7-11)8-16/h2-7,9,14H,17H2,1H3. The van der Waals surface area contributed by atoms with E-state index in [9.17, 15) is 0 Å². The lowest BCUT2D eigenvalue weighted by atomic mass is 10.1. The zero-order chi connectivity index (χ0) is 13.8. The number of rotatable bonds is 4. The molecular formula is C14H13ClN2OS. The van der Waals surface area contributed by atoms with Gasteiger partial charge in [-0.25, -0.2) is 0 Å². The van der Waals surface area contributed by atoms with E-state index in [4.69, 9.17) is 27.3 Å². The molecule has 1 aromatic carbocycles. The van der Waals surface area contributed by atoms with Crippen LogP contribution in [-0.4, -0.2) is 6.04 Å². The summed E-state index contributed by atoms with van der Waals surface area (Å²) in [7, 11) is 0. The van der Waals surface area contributed by atoms with Crippen LogP contribution >= 0.6 is 22.9 Å². The van der Waals surface area contributed by atoms with Crippen LogP contribution in [0.4, 0.5) is 0 Å². The number of halogens is 1.